The molecule has 1 aromatic heterocycles. The van der Waals surface area contributed by atoms with Crippen molar-refractivity contribution in [1.82, 2.24) is 14.1 Å². The van der Waals surface area contributed by atoms with Crippen LogP contribution in [-0.4, -0.2) is 25.7 Å². The second-order valence-electron chi connectivity index (χ2n) is 5.47. The summed E-state index contributed by atoms with van der Waals surface area (Å²) in [5.41, 5.74) is 2.83. The minimum Gasteiger partial charge on any atom is -0.331 e. The molecule has 0 saturated carbocycles. The zero-order valence-corrected chi connectivity index (χ0v) is 16.5. The number of hydrogen-bond acceptors (Lipinski definition) is 6. The molecule has 0 radical (unpaired) electrons. The van der Waals surface area contributed by atoms with Crippen molar-refractivity contribution in [2.24, 2.45) is 0 Å². The predicted molar refractivity (Wildman–Crippen MR) is 111 cm³/mol. The number of carbonyl (C=O) groups excluding carboxylic acids is 2. The summed E-state index contributed by atoms with van der Waals surface area (Å²) < 4.78 is 8.21. The van der Waals surface area contributed by atoms with Crippen molar-refractivity contribution >= 4 is 74.9 Å². The molecule has 0 aliphatic heterocycles. The van der Waals surface area contributed by atoms with Crippen LogP contribution < -0.4 is 16.0 Å². The Labute approximate surface area is 169 Å². The largest absolute Gasteiger partial charge is 0.331 e. The molecule has 0 saturated heterocycles. The SMILES string of the molecule is CCC(=O)Nc1ccc(Cl)c(NC(=S)NC(=O)c2ccc3nsnc3c2)c1. The fraction of sp³-hybridized carbons (Fsp3) is 0.118. The Morgan fingerprint density at radius 2 is 1.89 bits per heavy atom. The van der Waals surface area contributed by atoms with E-state index in [1.54, 1.807) is 43.3 Å². The van der Waals surface area contributed by atoms with Crippen LogP contribution in [0.5, 0.6) is 0 Å². The van der Waals surface area contributed by atoms with Crippen LogP contribution in [0.1, 0.15) is 23.7 Å². The lowest BCUT2D eigenvalue weighted by Crippen LogP contribution is -2.34. The van der Waals surface area contributed by atoms with Gasteiger partial charge in [0.2, 0.25) is 5.91 Å². The summed E-state index contributed by atoms with van der Waals surface area (Å²) in [6.07, 6.45) is 0.360. The van der Waals surface area contributed by atoms with Crippen LogP contribution in [0.2, 0.25) is 5.02 Å². The molecule has 3 rings (SSSR count). The van der Waals surface area contributed by atoms with Gasteiger partial charge in [-0.2, -0.15) is 8.75 Å². The van der Waals surface area contributed by atoms with Gasteiger partial charge in [-0.25, -0.2) is 0 Å². The standard InChI is InChI=1S/C17H14ClN5O2S2/c1-2-15(24)19-10-4-5-11(18)13(8-10)20-17(26)21-16(25)9-3-6-12-14(7-9)23-27-22-12/h3-8H,2H2,1H3,(H,19,24)(H2,20,21,25,26). The molecule has 3 aromatic rings. The zero-order valence-electron chi connectivity index (χ0n) is 14.1. The smallest absolute Gasteiger partial charge is 0.257 e. The van der Waals surface area contributed by atoms with Gasteiger partial charge in [0.15, 0.2) is 5.11 Å². The summed E-state index contributed by atoms with van der Waals surface area (Å²) in [5.74, 6) is -0.500. The quantitative estimate of drug-likeness (QED) is 0.556. The number of nitrogens with zero attached hydrogens (tertiary/aromatic N) is 2. The average molecular weight is 420 g/mol. The second-order valence-corrected chi connectivity index (χ2v) is 6.82. The molecule has 0 aliphatic carbocycles. The molecular formula is C17H14ClN5O2S2. The molecular weight excluding hydrogens is 406 g/mol. The first-order valence-corrected chi connectivity index (χ1v) is 9.42. The molecule has 0 atom stereocenters. The third-order valence-corrected chi connectivity index (χ3v) is 4.65. The van der Waals surface area contributed by atoms with E-state index in [0.29, 0.717) is 33.9 Å². The molecule has 27 heavy (non-hydrogen) atoms. The number of halogens is 1. The van der Waals surface area contributed by atoms with E-state index in [2.05, 4.69) is 24.7 Å². The van der Waals surface area contributed by atoms with Crippen LogP contribution in [0.15, 0.2) is 36.4 Å². The normalized spacial score (nSPS) is 10.4. The van der Waals surface area contributed by atoms with Gasteiger partial charge in [0.25, 0.3) is 5.91 Å². The second kappa shape index (κ2) is 8.38. The van der Waals surface area contributed by atoms with Gasteiger partial charge in [0.05, 0.1) is 22.4 Å². The molecule has 0 spiro atoms. The van der Waals surface area contributed by atoms with Gasteiger partial charge in [0.1, 0.15) is 11.0 Å². The highest BCUT2D eigenvalue weighted by Gasteiger charge is 2.12. The summed E-state index contributed by atoms with van der Waals surface area (Å²) >= 11 is 12.4. The van der Waals surface area contributed by atoms with Gasteiger partial charge >= 0.3 is 0 Å². The number of hydrogen-bond donors (Lipinski definition) is 3. The highest BCUT2D eigenvalue weighted by atomic mass is 35.5. The van der Waals surface area contributed by atoms with Crippen LogP contribution in [0.4, 0.5) is 11.4 Å². The van der Waals surface area contributed by atoms with E-state index in [9.17, 15) is 9.59 Å². The summed E-state index contributed by atoms with van der Waals surface area (Å²) in [5, 5.41) is 8.67. The summed E-state index contributed by atoms with van der Waals surface area (Å²) in [7, 11) is 0. The van der Waals surface area contributed by atoms with E-state index in [0.717, 1.165) is 17.2 Å². The molecule has 3 N–H and O–H groups in total. The first-order valence-electron chi connectivity index (χ1n) is 7.90. The molecule has 0 bridgehead atoms. The maximum absolute atomic E-state index is 12.4. The minimum absolute atomic E-state index is 0.0809. The minimum atomic E-state index is -0.381. The lowest BCUT2D eigenvalue weighted by atomic mass is 10.2. The topological polar surface area (TPSA) is 96.0 Å². The van der Waals surface area contributed by atoms with Crippen LogP contribution in [-0.2, 0) is 4.79 Å². The van der Waals surface area contributed by atoms with Crippen LogP contribution in [0.3, 0.4) is 0 Å². The lowest BCUT2D eigenvalue weighted by Gasteiger charge is -2.13. The maximum atomic E-state index is 12.4. The number of fused-ring (bicyclic) bond motifs is 1. The maximum Gasteiger partial charge on any atom is 0.257 e. The van der Waals surface area contributed by atoms with Gasteiger partial charge in [-0.3, -0.25) is 14.9 Å². The van der Waals surface area contributed by atoms with E-state index in [1.165, 1.54) is 0 Å². The number of nitrogens with one attached hydrogen (secondary N) is 3. The number of aromatic nitrogens is 2. The van der Waals surface area contributed by atoms with Crippen molar-refractivity contribution in [3.05, 3.63) is 47.0 Å². The number of benzene rings is 2. The number of thiocarbonyl (C=S) groups is 1. The third kappa shape index (κ3) is 4.76. The third-order valence-electron chi connectivity index (χ3n) is 3.56. The molecule has 7 nitrogen and oxygen atoms in total. The van der Waals surface area contributed by atoms with Crippen molar-refractivity contribution in [3.63, 3.8) is 0 Å². The Morgan fingerprint density at radius 1 is 1.11 bits per heavy atom. The van der Waals surface area contributed by atoms with Crippen molar-refractivity contribution in [3.8, 4) is 0 Å². The van der Waals surface area contributed by atoms with Crippen LogP contribution in [0, 0.1) is 0 Å². The molecule has 2 aromatic carbocycles. The van der Waals surface area contributed by atoms with E-state index >= 15 is 0 Å². The Kier molecular flexibility index (Phi) is 5.94. The molecule has 10 heteroatoms. The molecule has 2 amide bonds. The van der Waals surface area contributed by atoms with Gasteiger partial charge in [0, 0.05) is 17.7 Å². The highest BCUT2D eigenvalue weighted by molar-refractivity contribution is 7.80. The van der Waals surface area contributed by atoms with Gasteiger partial charge < -0.3 is 10.6 Å². The molecule has 0 fully saturated rings. The molecule has 0 unspecified atom stereocenters. The summed E-state index contributed by atoms with van der Waals surface area (Å²) in [6, 6.07) is 9.96. The molecule has 138 valence electrons. The fourth-order valence-electron chi connectivity index (χ4n) is 2.20. The number of carbonyl (C=O) groups is 2. The summed E-state index contributed by atoms with van der Waals surface area (Å²) in [4.78, 5) is 23.9. The van der Waals surface area contributed by atoms with Crippen molar-refractivity contribution < 1.29 is 9.59 Å². The van der Waals surface area contributed by atoms with Crippen LogP contribution >= 0.6 is 35.5 Å². The Bertz CT molecular complexity index is 1040. The van der Waals surface area contributed by atoms with Gasteiger partial charge in [-0.15, -0.1) is 0 Å². The lowest BCUT2D eigenvalue weighted by molar-refractivity contribution is -0.115. The van der Waals surface area contributed by atoms with Crippen molar-refractivity contribution in [2.45, 2.75) is 13.3 Å². The summed E-state index contributed by atoms with van der Waals surface area (Å²) in [6.45, 7) is 1.76. The Morgan fingerprint density at radius 3 is 2.67 bits per heavy atom. The van der Waals surface area contributed by atoms with Crippen LogP contribution in [0.25, 0.3) is 11.0 Å². The van der Waals surface area contributed by atoms with Gasteiger partial charge in [-0.1, -0.05) is 18.5 Å². The van der Waals surface area contributed by atoms with Gasteiger partial charge in [-0.05, 0) is 48.6 Å². The Hall–Kier alpha value is -2.62. The average Bonchev–Trinajstić information content (AvgIpc) is 3.12. The Balaban J connectivity index is 1.68. The van der Waals surface area contributed by atoms with E-state index < -0.39 is 0 Å². The molecule has 0 aliphatic rings. The van der Waals surface area contributed by atoms with Crippen molar-refractivity contribution in [1.29, 1.82) is 0 Å². The fourth-order valence-corrected chi connectivity index (χ4v) is 3.09. The monoisotopic (exact) mass is 419 g/mol. The number of anilines is 2. The van der Waals surface area contributed by atoms with E-state index in [-0.39, 0.29) is 16.9 Å². The van der Waals surface area contributed by atoms with E-state index in [4.69, 9.17) is 23.8 Å². The highest BCUT2D eigenvalue weighted by Crippen LogP contribution is 2.25. The number of amides is 2. The van der Waals surface area contributed by atoms with E-state index in [1.807, 2.05) is 0 Å². The van der Waals surface area contributed by atoms with Crippen molar-refractivity contribution in [2.75, 3.05) is 10.6 Å². The number of rotatable bonds is 4. The zero-order chi connectivity index (χ0) is 19.4. The predicted octanol–water partition coefficient (Wildman–Crippen LogP) is 3.82. The first kappa shape index (κ1) is 19.2. The first-order chi connectivity index (χ1) is 13.0. The molecule has 1 heterocycles.